The van der Waals surface area contributed by atoms with Crippen molar-refractivity contribution < 1.29 is 9.90 Å². The molecule has 3 rings (SSSR count). The molecule has 2 unspecified atom stereocenters. The van der Waals surface area contributed by atoms with Crippen LogP contribution in [0, 0.1) is 0 Å². The zero-order valence-corrected chi connectivity index (χ0v) is 13.8. The number of benzene rings is 1. The number of nitrogens with zero attached hydrogens (tertiary/aromatic N) is 1. The largest absolute Gasteiger partial charge is 0.387 e. The second-order valence-corrected chi connectivity index (χ2v) is 6.96. The SMILES string of the molecule is O=C(NC1CC1)C1CCCN1CC(O)c1ccc(Cl)cc1Cl. The van der Waals surface area contributed by atoms with Gasteiger partial charge in [-0.25, -0.2) is 0 Å². The van der Waals surface area contributed by atoms with Gasteiger partial charge in [0, 0.05) is 28.2 Å². The highest BCUT2D eigenvalue weighted by molar-refractivity contribution is 6.35. The molecule has 22 heavy (non-hydrogen) atoms. The van der Waals surface area contributed by atoms with E-state index in [1.54, 1.807) is 18.2 Å². The summed E-state index contributed by atoms with van der Waals surface area (Å²) in [5.41, 5.74) is 0.652. The van der Waals surface area contributed by atoms with E-state index in [0.29, 0.717) is 28.2 Å². The molecule has 120 valence electrons. The van der Waals surface area contributed by atoms with Crippen LogP contribution in [0.3, 0.4) is 0 Å². The first kappa shape index (κ1) is 16.1. The van der Waals surface area contributed by atoms with Crippen LogP contribution in [0.15, 0.2) is 18.2 Å². The van der Waals surface area contributed by atoms with Crippen LogP contribution in [-0.4, -0.2) is 41.1 Å². The van der Waals surface area contributed by atoms with E-state index in [4.69, 9.17) is 23.2 Å². The third kappa shape index (κ3) is 3.74. The highest BCUT2D eigenvalue weighted by Gasteiger charge is 2.35. The molecule has 1 heterocycles. The van der Waals surface area contributed by atoms with Crippen molar-refractivity contribution in [2.24, 2.45) is 0 Å². The molecule has 2 fully saturated rings. The van der Waals surface area contributed by atoms with E-state index in [1.165, 1.54) is 0 Å². The third-order valence-electron chi connectivity index (χ3n) is 4.32. The molecule has 1 aliphatic carbocycles. The smallest absolute Gasteiger partial charge is 0.237 e. The predicted octanol–water partition coefficient (Wildman–Crippen LogP) is 2.77. The second-order valence-electron chi connectivity index (χ2n) is 6.12. The topological polar surface area (TPSA) is 52.6 Å². The maximum Gasteiger partial charge on any atom is 0.237 e. The maximum absolute atomic E-state index is 12.3. The molecular formula is C16H20Cl2N2O2. The molecule has 0 bridgehead atoms. The molecule has 0 radical (unpaired) electrons. The Kier molecular flexibility index (Phi) is 4.93. The number of hydrogen-bond donors (Lipinski definition) is 2. The van der Waals surface area contributed by atoms with Gasteiger partial charge in [-0.2, -0.15) is 0 Å². The Morgan fingerprint density at radius 1 is 1.36 bits per heavy atom. The average Bonchev–Trinajstić information content (AvgIpc) is 3.14. The number of β-amino-alcohol motifs (C(OH)–C–C–N with tert-alkyl or cyclic N) is 1. The molecule has 1 aliphatic heterocycles. The van der Waals surface area contributed by atoms with Crippen molar-refractivity contribution in [3.8, 4) is 0 Å². The van der Waals surface area contributed by atoms with Gasteiger partial charge in [-0.15, -0.1) is 0 Å². The molecule has 1 aromatic rings. The summed E-state index contributed by atoms with van der Waals surface area (Å²) in [6, 6.07) is 5.31. The minimum absolute atomic E-state index is 0.0920. The third-order valence-corrected chi connectivity index (χ3v) is 4.88. The van der Waals surface area contributed by atoms with Gasteiger partial charge < -0.3 is 10.4 Å². The summed E-state index contributed by atoms with van der Waals surface area (Å²) < 4.78 is 0. The van der Waals surface area contributed by atoms with Crippen LogP contribution in [0.1, 0.15) is 37.4 Å². The lowest BCUT2D eigenvalue weighted by Gasteiger charge is -2.26. The number of halogens is 2. The zero-order valence-electron chi connectivity index (χ0n) is 12.3. The Morgan fingerprint density at radius 2 is 2.14 bits per heavy atom. The number of likely N-dealkylation sites (tertiary alicyclic amines) is 1. The molecule has 1 amide bonds. The van der Waals surface area contributed by atoms with E-state index in [1.807, 2.05) is 4.90 Å². The van der Waals surface area contributed by atoms with Gasteiger partial charge in [-0.05, 0) is 44.4 Å². The number of carbonyl (C=O) groups is 1. The number of aliphatic hydroxyl groups excluding tert-OH is 1. The van der Waals surface area contributed by atoms with Crippen LogP contribution in [0.25, 0.3) is 0 Å². The monoisotopic (exact) mass is 342 g/mol. The average molecular weight is 343 g/mol. The number of carbonyl (C=O) groups excluding carboxylic acids is 1. The Hall–Kier alpha value is -0.810. The Bertz CT molecular complexity index is 563. The van der Waals surface area contributed by atoms with E-state index in [-0.39, 0.29) is 11.9 Å². The first-order chi connectivity index (χ1) is 10.5. The van der Waals surface area contributed by atoms with Crippen LogP contribution in [0.2, 0.25) is 10.0 Å². The molecule has 2 N–H and O–H groups in total. The zero-order chi connectivity index (χ0) is 15.7. The summed E-state index contributed by atoms with van der Waals surface area (Å²) >= 11 is 12.0. The van der Waals surface area contributed by atoms with E-state index in [2.05, 4.69) is 5.32 Å². The van der Waals surface area contributed by atoms with Crippen LogP contribution >= 0.6 is 23.2 Å². The standard InChI is InChI=1S/C16H20Cl2N2O2/c17-10-3-6-12(13(18)8-10)15(21)9-20-7-1-2-14(20)16(22)19-11-4-5-11/h3,6,8,11,14-15,21H,1-2,4-5,7,9H2,(H,19,22). The molecule has 6 heteroatoms. The fourth-order valence-electron chi connectivity index (χ4n) is 2.96. The van der Waals surface area contributed by atoms with Crippen molar-refractivity contribution in [2.45, 2.75) is 43.9 Å². The number of nitrogens with one attached hydrogen (secondary N) is 1. The van der Waals surface area contributed by atoms with Crippen molar-refractivity contribution in [3.05, 3.63) is 33.8 Å². The molecule has 2 aliphatic rings. The number of aliphatic hydroxyl groups is 1. The first-order valence-electron chi connectivity index (χ1n) is 7.72. The lowest BCUT2D eigenvalue weighted by atomic mass is 10.1. The van der Waals surface area contributed by atoms with Crippen LogP contribution < -0.4 is 5.32 Å². The van der Waals surface area contributed by atoms with Gasteiger partial charge in [0.2, 0.25) is 5.91 Å². The van der Waals surface area contributed by atoms with Crippen molar-refractivity contribution in [1.29, 1.82) is 0 Å². The molecule has 2 atom stereocenters. The summed E-state index contributed by atoms with van der Waals surface area (Å²) in [6.45, 7) is 1.23. The first-order valence-corrected chi connectivity index (χ1v) is 8.47. The molecule has 4 nitrogen and oxygen atoms in total. The van der Waals surface area contributed by atoms with Crippen molar-refractivity contribution in [3.63, 3.8) is 0 Å². The number of amides is 1. The van der Waals surface area contributed by atoms with E-state index in [0.717, 1.165) is 32.2 Å². The van der Waals surface area contributed by atoms with Crippen LogP contribution in [-0.2, 0) is 4.79 Å². The number of rotatable bonds is 5. The Labute approximate surface area is 140 Å². The van der Waals surface area contributed by atoms with Crippen molar-refractivity contribution in [1.82, 2.24) is 10.2 Å². The summed E-state index contributed by atoms with van der Waals surface area (Å²) in [7, 11) is 0. The summed E-state index contributed by atoms with van der Waals surface area (Å²) in [5.74, 6) is 0.0920. The van der Waals surface area contributed by atoms with E-state index >= 15 is 0 Å². The quantitative estimate of drug-likeness (QED) is 0.864. The summed E-state index contributed by atoms with van der Waals surface area (Å²) in [4.78, 5) is 14.3. The molecular weight excluding hydrogens is 323 g/mol. The Balaban J connectivity index is 1.64. The number of hydrogen-bond acceptors (Lipinski definition) is 3. The summed E-state index contributed by atoms with van der Waals surface area (Å²) in [6.07, 6.45) is 3.27. The minimum Gasteiger partial charge on any atom is -0.387 e. The second kappa shape index (κ2) is 6.75. The van der Waals surface area contributed by atoms with E-state index in [9.17, 15) is 9.90 Å². The summed E-state index contributed by atoms with van der Waals surface area (Å²) in [5, 5.41) is 14.5. The lowest BCUT2D eigenvalue weighted by molar-refractivity contribution is -0.126. The maximum atomic E-state index is 12.3. The molecule has 1 aromatic carbocycles. The van der Waals surface area contributed by atoms with Gasteiger partial charge in [0.05, 0.1) is 12.1 Å². The highest BCUT2D eigenvalue weighted by Crippen LogP contribution is 2.29. The molecule has 1 saturated heterocycles. The Morgan fingerprint density at radius 3 is 2.82 bits per heavy atom. The normalized spacial score (nSPS) is 23.5. The van der Waals surface area contributed by atoms with Crippen LogP contribution in [0.4, 0.5) is 0 Å². The molecule has 0 spiro atoms. The highest BCUT2D eigenvalue weighted by atomic mass is 35.5. The lowest BCUT2D eigenvalue weighted by Crippen LogP contribution is -2.45. The van der Waals surface area contributed by atoms with Crippen molar-refractivity contribution in [2.75, 3.05) is 13.1 Å². The van der Waals surface area contributed by atoms with Gasteiger partial charge in [0.1, 0.15) is 0 Å². The minimum atomic E-state index is -0.723. The van der Waals surface area contributed by atoms with Crippen LogP contribution in [0.5, 0.6) is 0 Å². The molecule has 1 saturated carbocycles. The van der Waals surface area contributed by atoms with E-state index < -0.39 is 6.10 Å². The van der Waals surface area contributed by atoms with Gasteiger partial charge in [-0.1, -0.05) is 29.3 Å². The van der Waals surface area contributed by atoms with Gasteiger partial charge in [0.15, 0.2) is 0 Å². The van der Waals surface area contributed by atoms with Gasteiger partial charge >= 0.3 is 0 Å². The molecule has 0 aromatic heterocycles. The predicted molar refractivity (Wildman–Crippen MR) is 87.2 cm³/mol. The fraction of sp³-hybridized carbons (Fsp3) is 0.562. The van der Waals surface area contributed by atoms with Gasteiger partial charge in [-0.3, -0.25) is 9.69 Å². The van der Waals surface area contributed by atoms with Crippen molar-refractivity contribution >= 4 is 29.1 Å². The fourth-order valence-corrected chi connectivity index (χ4v) is 3.49. The van der Waals surface area contributed by atoms with Gasteiger partial charge in [0.25, 0.3) is 0 Å².